The SMILES string of the molecule is Cc1ccc(S(=O)(=O)N2[C@H](C3CCCCC3)[C@@H]2I)cc1. The van der Waals surface area contributed by atoms with Crippen LogP contribution in [0.1, 0.15) is 37.7 Å². The molecule has 3 rings (SSSR count). The molecule has 1 aromatic carbocycles. The molecule has 2 aliphatic rings. The topological polar surface area (TPSA) is 37.1 Å². The van der Waals surface area contributed by atoms with Crippen molar-refractivity contribution in [2.45, 2.75) is 54.0 Å². The van der Waals surface area contributed by atoms with Gasteiger partial charge in [-0.25, -0.2) is 8.42 Å². The zero-order valence-corrected chi connectivity index (χ0v) is 14.6. The first kappa shape index (κ1) is 14.8. The summed E-state index contributed by atoms with van der Waals surface area (Å²) in [6, 6.07) is 7.42. The molecule has 5 heteroatoms. The van der Waals surface area contributed by atoms with Gasteiger partial charge in [-0.15, -0.1) is 0 Å². The Morgan fingerprint density at radius 3 is 2.30 bits per heavy atom. The Bertz CT molecular complexity index is 578. The molecule has 0 aromatic heterocycles. The van der Waals surface area contributed by atoms with Gasteiger partial charge in [-0.05, 0) is 37.8 Å². The number of aryl methyl sites for hydroxylation is 1. The van der Waals surface area contributed by atoms with Gasteiger partial charge in [0.25, 0.3) is 0 Å². The van der Waals surface area contributed by atoms with Crippen LogP contribution in [0.2, 0.25) is 0 Å². The monoisotopic (exact) mass is 405 g/mol. The van der Waals surface area contributed by atoms with Crippen LogP contribution in [0.25, 0.3) is 0 Å². The third-order valence-corrected chi connectivity index (χ3v) is 8.07. The molecule has 110 valence electrons. The zero-order valence-electron chi connectivity index (χ0n) is 11.6. The fraction of sp³-hybridized carbons (Fsp3) is 0.600. The third kappa shape index (κ3) is 2.64. The quantitative estimate of drug-likeness (QED) is 0.333. The summed E-state index contributed by atoms with van der Waals surface area (Å²) < 4.78 is 27.2. The van der Waals surface area contributed by atoms with Crippen LogP contribution < -0.4 is 0 Å². The summed E-state index contributed by atoms with van der Waals surface area (Å²) >= 11 is 2.29. The van der Waals surface area contributed by atoms with E-state index in [4.69, 9.17) is 0 Å². The van der Waals surface area contributed by atoms with Gasteiger partial charge in [-0.2, -0.15) is 4.31 Å². The van der Waals surface area contributed by atoms with E-state index in [0.29, 0.717) is 10.8 Å². The Balaban J connectivity index is 1.80. The first-order valence-corrected chi connectivity index (χ1v) is 9.94. The largest absolute Gasteiger partial charge is 0.244 e. The second-order valence-electron chi connectivity index (χ2n) is 5.91. The predicted octanol–water partition coefficient (Wildman–Crippen LogP) is 3.71. The number of sulfonamides is 1. The average molecular weight is 405 g/mol. The molecule has 0 radical (unpaired) electrons. The number of halogens is 1. The molecule has 0 N–H and O–H groups in total. The molecule has 0 bridgehead atoms. The molecule has 0 amide bonds. The Kier molecular flexibility index (Phi) is 4.12. The highest BCUT2D eigenvalue weighted by Crippen LogP contribution is 2.47. The fourth-order valence-corrected chi connectivity index (χ4v) is 7.14. The maximum atomic E-state index is 12.7. The molecule has 1 heterocycles. The second kappa shape index (κ2) is 5.57. The van der Waals surface area contributed by atoms with Gasteiger partial charge in [-0.1, -0.05) is 59.5 Å². The van der Waals surface area contributed by atoms with E-state index < -0.39 is 10.0 Å². The third-order valence-electron chi connectivity index (χ3n) is 4.46. The van der Waals surface area contributed by atoms with Crippen molar-refractivity contribution < 1.29 is 8.42 Å². The van der Waals surface area contributed by atoms with Crippen molar-refractivity contribution in [3.05, 3.63) is 29.8 Å². The Morgan fingerprint density at radius 2 is 1.70 bits per heavy atom. The molecule has 0 spiro atoms. The average Bonchev–Trinajstić information content (AvgIpc) is 3.13. The lowest BCUT2D eigenvalue weighted by atomic mass is 9.87. The van der Waals surface area contributed by atoms with Crippen molar-refractivity contribution in [3.8, 4) is 0 Å². The van der Waals surface area contributed by atoms with Crippen LogP contribution in [0.3, 0.4) is 0 Å². The number of hydrogen-bond acceptors (Lipinski definition) is 2. The summed E-state index contributed by atoms with van der Waals surface area (Å²) in [5.41, 5.74) is 1.09. The van der Waals surface area contributed by atoms with E-state index in [-0.39, 0.29) is 10.1 Å². The van der Waals surface area contributed by atoms with Crippen LogP contribution in [0.15, 0.2) is 29.2 Å². The molecular formula is C15H20INO2S. The van der Waals surface area contributed by atoms with Gasteiger partial charge in [0.2, 0.25) is 10.0 Å². The summed E-state index contributed by atoms with van der Waals surface area (Å²) in [6.07, 6.45) is 6.18. The Morgan fingerprint density at radius 1 is 1.10 bits per heavy atom. The number of benzene rings is 1. The molecule has 3 atom stereocenters. The summed E-state index contributed by atoms with van der Waals surface area (Å²) in [6.45, 7) is 1.97. The molecule has 1 saturated heterocycles. The van der Waals surface area contributed by atoms with Crippen LogP contribution in [-0.4, -0.2) is 22.8 Å². The molecular weight excluding hydrogens is 385 g/mol. The van der Waals surface area contributed by atoms with E-state index in [9.17, 15) is 8.42 Å². The van der Waals surface area contributed by atoms with Crippen LogP contribution >= 0.6 is 22.6 Å². The van der Waals surface area contributed by atoms with Crippen molar-refractivity contribution in [2.24, 2.45) is 5.92 Å². The Labute approximate surface area is 134 Å². The molecule has 3 nitrogen and oxygen atoms in total. The maximum Gasteiger partial charge on any atom is 0.244 e. The summed E-state index contributed by atoms with van der Waals surface area (Å²) in [7, 11) is -3.30. The van der Waals surface area contributed by atoms with Gasteiger partial charge in [0, 0.05) is 0 Å². The van der Waals surface area contributed by atoms with E-state index in [2.05, 4.69) is 22.6 Å². The van der Waals surface area contributed by atoms with Crippen molar-refractivity contribution >= 4 is 32.6 Å². The van der Waals surface area contributed by atoms with Crippen LogP contribution in [0.4, 0.5) is 0 Å². The molecule has 1 aromatic rings. The van der Waals surface area contributed by atoms with Crippen molar-refractivity contribution in [3.63, 3.8) is 0 Å². The Hall–Kier alpha value is -0.140. The van der Waals surface area contributed by atoms with Crippen molar-refractivity contribution in [1.29, 1.82) is 0 Å². The number of alkyl halides is 1. The van der Waals surface area contributed by atoms with Gasteiger partial charge in [0.05, 0.1) is 15.0 Å². The molecule has 1 unspecified atom stereocenters. The number of hydrogen-bond donors (Lipinski definition) is 0. The lowest BCUT2D eigenvalue weighted by Gasteiger charge is -2.21. The minimum absolute atomic E-state index is 0.141. The molecule has 1 saturated carbocycles. The summed E-state index contributed by atoms with van der Waals surface area (Å²) in [5.74, 6) is 0.561. The standard InChI is InChI=1S/C15H20INO2S/c1-11-7-9-13(10-8-11)20(18,19)17-14(15(17)16)12-5-3-2-4-6-12/h7-10,12,14-15H,2-6H2,1H3/t14-,15-,17?/m1/s1. The first-order chi connectivity index (χ1) is 9.51. The number of nitrogens with zero attached hydrogens (tertiary/aromatic N) is 1. The van der Waals surface area contributed by atoms with Crippen molar-refractivity contribution in [2.75, 3.05) is 0 Å². The summed E-state index contributed by atoms with van der Waals surface area (Å²) in [5, 5.41) is 0. The van der Waals surface area contributed by atoms with Crippen LogP contribution in [0, 0.1) is 12.8 Å². The molecule has 1 aliphatic heterocycles. The molecule has 2 fully saturated rings. The van der Waals surface area contributed by atoms with Crippen LogP contribution in [-0.2, 0) is 10.0 Å². The zero-order chi connectivity index (χ0) is 14.3. The predicted molar refractivity (Wildman–Crippen MR) is 88.4 cm³/mol. The van der Waals surface area contributed by atoms with Gasteiger partial charge < -0.3 is 0 Å². The maximum absolute atomic E-state index is 12.7. The second-order valence-corrected chi connectivity index (χ2v) is 9.03. The number of rotatable bonds is 3. The van der Waals surface area contributed by atoms with E-state index in [0.717, 1.165) is 5.56 Å². The highest BCUT2D eigenvalue weighted by Gasteiger charge is 2.57. The first-order valence-electron chi connectivity index (χ1n) is 7.26. The van der Waals surface area contributed by atoms with E-state index >= 15 is 0 Å². The van der Waals surface area contributed by atoms with Gasteiger partial charge in [0.15, 0.2) is 0 Å². The highest BCUT2D eigenvalue weighted by molar-refractivity contribution is 14.1. The smallest absolute Gasteiger partial charge is 0.207 e. The van der Waals surface area contributed by atoms with Gasteiger partial charge in [-0.3, -0.25) is 0 Å². The van der Waals surface area contributed by atoms with Gasteiger partial charge >= 0.3 is 0 Å². The van der Waals surface area contributed by atoms with E-state index in [1.807, 2.05) is 19.1 Å². The van der Waals surface area contributed by atoms with Gasteiger partial charge in [0.1, 0.15) is 0 Å². The molecule has 1 aliphatic carbocycles. The minimum Gasteiger partial charge on any atom is -0.207 e. The normalized spacial score (nSPS) is 31.2. The lowest BCUT2D eigenvalue weighted by molar-refractivity contribution is 0.336. The van der Waals surface area contributed by atoms with Crippen LogP contribution in [0.5, 0.6) is 0 Å². The highest BCUT2D eigenvalue weighted by atomic mass is 127. The minimum atomic E-state index is -3.30. The lowest BCUT2D eigenvalue weighted by Crippen LogP contribution is -2.21. The van der Waals surface area contributed by atoms with E-state index in [1.54, 1.807) is 16.4 Å². The summed E-state index contributed by atoms with van der Waals surface area (Å²) in [4.78, 5) is 0.433. The van der Waals surface area contributed by atoms with Crippen molar-refractivity contribution in [1.82, 2.24) is 4.31 Å². The molecule has 20 heavy (non-hydrogen) atoms. The van der Waals surface area contributed by atoms with E-state index in [1.165, 1.54) is 32.1 Å². The fourth-order valence-electron chi connectivity index (χ4n) is 3.23.